The number of rotatable bonds is 4. The quantitative estimate of drug-likeness (QED) is 0.866. The molecule has 0 radical (unpaired) electrons. The number of primary amides is 1. The molecule has 1 fully saturated rings. The number of hydrogen-bond donors (Lipinski definition) is 2. The summed E-state index contributed by atoms with van der Waals surface area (Å²) < 4.78 is 0. The van der Waals surface area contributed by atoms with Crippen LogP contribution in [0.4, 0.5) is 0 Å². The van der Waals surface area contributed by atoms with E-state index < -0.39 is 17.9 Å². The number of carboxylic acid groups (broad SMARTS) is 1. The Morgan fingerprint density at radius 2 is 2.15 bits per heavy atom. The average molecular weight is 297 g/mol. The second-order valence-electron chi connectivity index (χ2n) is 4.58. The van der Waals surface area contributed by atoms with Crippen molar-refractivity contribution in [2.24, 2.45) is 5.73 Å². The highest BCUT2D eigenvalue weighted by atomic mass is 35.5. The van der Waals surface area contributed by atoms with Gasteiger partial charge < -0.3 is 15.7 Å². The molecule has 1 aliphatic heterocycles. The summed E-state index contributed by atoms with van der Waals surface area (Å²) in [6, 6.07) is 3.66. The highest BCUT2D eigenvalue weighted by Gasteiger charge is 2.36. The van der Waals surface area contributed by atoms with Crippen molar-refractivity contribution in [3.05, 3.63) is 34.3 Å². The highest BCUT2D eigenvalue weighted by molar-refractivity contribution is 6.31. The number of halogens is 1. The van der Waals surface area contributed by atoms with Crippen molar-refractivity contribution in [3.8, 4) is 0 Å². The fourth-order valence-electron chi connectivity index (χ4n) is 2.20. The molecule has 0 spiro atoms. The zero-order valence-corrected chi connectivity index (χ0v) is 11.3. The summed E-state index contributed by atoms with van der Waals surface area (Å²) in [7, 11) is 0. The Morgan fingerprint density at radius 3 is 2.70 bits per heavy atom. The molecule has 6 nitrogen and oxygen atoms in total. The first-order valence-electron chi connectivity index (χ1n) is 6.00. The van der Waals surface area contributed by atoms with Crippen molar-refractivity contribution in [1.82, 2.24) is 4.90 Å². The number of benzene rings is 1. The SMILES string of the molecule is NC(=O)c1ccc(CN2C(=O)CCC2C(=O)O)c(Cl)c1. The number of carbonyl (C=O) groups is 3. The molecule has 20 heavy (non-hydrogen) atoms. The molecule has 7 heteroatoms. The van der Waals surface area contributed by atoms with E-state index in [-0.39, 0.29) is 29.5 Å². The number of nitrogens with two attached hydrogens (primary N) is 1. The van der Waals surface area contributed by atoms with Crippen LogP contribution >= 0.6 is 11.6 Å². The van der Waals surface area contributed by atoms with Crippen LogP contribution < -0.4 is 5.73 Å². The molecule has 106 valence electrons. The summed E-state index contributed by atoms with van der Waals surface area (Å²) in [5.41, 5.74) is 5.99. The van der Waals surface area contributed by atoms with Crippen molar-refractivity contribution in [2.45, 2.75) is 25.4 Å². The second-order valence-corrected chi connectivity index (χ2v) is 4.99. The van der Waals surface area contributed by atoms with Gasteiger partial charge in [-0.15, -0.1) is 0 Å². The Hall–Kier alpha value is -2.08. The molecular formula is C13H13ClN2O4. The minimum absolute atomic E-state index is 0.105. The summed E-state index contributed by atoms with van der Waals surface area (Å²) in [5.74, 6) is -1.84. The molecule has 0 bridgehead atoms. The topological polar surface area (TPSA) is 101 Å². The van der Waals surface area contributed by atoms with Crippen LogP contribution in [-0.2, 0) is 16.1 Å². The largest absolute Gasteiger partial charge is 0.480 e. The maximum atomic E-state index is 11.7. The third-order valence-electron chi connectivity index (χ3n) is 3.29. The maximum absolute atomic E-state index is 11.7. The number of carbonyl (C=O) groups excluding carboxylic acids is 2. The van der Waals surface area contributed by atoms with Crippen LogP contribution in [0.15, 0.2) is 18.2 Å². The van der Waals surface area contributed by atoms with Crippen molar-refractivity contribution >= 4 is 29.4 Å². The lowest BCUT2D eigenvalue weighted by atomic mass is 10.1. The van der Waals surface area contributed by atoms with E-state index in [9.17, 15) is 14.4 Å². The third kappa shape index (κ3) is 2.75. The van der Waals surface area contributed by atoms with Gasteiger partial charge in [0.05, 0.1) is 0 Å². The average Bonchev–Trinajstić information content (AvgIpc) is 2.73. The van der Waals surface area contributed by atoms with Crippen LogP contribution in [0.5, 0.6) is 0 Å². The predicted molar refractivity (Wildman–Crippen MR) is 71.2 cm³/mol. The van der Waals surface area contributed by atoms with Gasteiger partial charge in [-0.05, 0) is 24.1 Å². The van der Waals surface area contributed by atoms with Gasteiger partial charge in [0.25, 0.3) is 0 Å². The van der Waals surface area contributed by atoms with Gasteiger partial charge in [-0.25, -0.2) is 4.79 Å². The first-order chi connectivity index (χ1) is 9.40. The van der Waals surface area contributed by atoms with Crippen LogP contribution in [0, 0.1) is 0 Å². The molecule has 2 rings (SSSR count). The van der Waals surface area contributed by atoms with E-state index in [0.717, 1.165) is 0 Å². The summed E-state index contributed by atoms with van der Waals surface area (Å²) in [5, 5.41) is 9.36. The number of amides is 2. The number of likely N-dealkylation sites (tertiary alicyclic amines) is 1. The van der Waals surface area contributed by atoms with E-state index in [1.165, 1.54) is 17.0 Å². The molecule has 1 atom stereocenters. The van der Waals surface area contributed by atoms with Crippen LogP contribution in [0.1, 0.15) is 28.8 Å². The lowest BCUT2D eigenvalue weighted by molar-refractivity contribution is -0.146. The van der Waals surface area contributed by atoms with Crippen LogP contribution in [0.25, 0.3) is 0 Å². The van der Waals surface area contributed by atoms with Gasteiger partial charge in [-0.1, -0.05) is 17.7 Å². The molecular weight excluding hydrogens is 284 g/mol. The number of aliphatic carboxylic acids is 1. The van der Waals surface area contributed by atoms with E-state index in [1.54, 1.807) is 6.07 Å². The minimum atomic E-state index is -1.03. The van der Waals surface area contributed by atoms with Crippen molar-refractivity contribution in [1.29, 1.82) is 0 Å². The molecule has 1 saturated heterocycles. The van der Waals surface area contributed by atoms with Gasteiger partial charge in [0.1, 0.15) is 6.04 Å². The fraction of sp³-hybridized carbons (Fsp3) is 0.308. The van der Waals surface area contributed by atoms with Crippen molar-refractivity contribution < 1.29 is 19.5 Å². The normalized spacial score (nSPS) is 18.4. The molecule has 0 aliphatic carbocycles. The van der Waals surface area contributed by atoms with Crippen molar-refractivity contribution in [3.63, 3.8) is 0 Å². The molecule has 0 saturated carbocycles. The standard InChI is InChI=1S/C13H13ClN2O4/c14-9-5-7(12(15)18)1-2-8(9)6-16-10(13(19)20)3-4-11(16)17/h1-2,5,10H,3-4,6H2,(H2,15,18)(H,19,20). The predicted octanol–water partition coefficient (Wildman–Crippen LogP) is 1.01. The lowest BCUT2D eigenvalue weighted by Crippen LogP contribution is -2.38. The summed E-state index contributed by atoms with van der Waals surface area (Å²) in [4.78, 5) is 35.1. The van der Waals surface area contributed by atoms with E-state index in [0.29, 0.717) is 12.0 Å². The van der Waals surface area contributed by atoms with Gasteiger partial charge in [0, 0.05) is 23.6 Å². The Labute approximate surface area is 120 Å². The number of hydrogen-bond acceptors (Lipinski definition) is 3. The van der Waals surface area contributed by atoms with Crippen LogP contribution in [0.2, 0.25) is 5.02 Å². The molecule has 3 N–H and O–H groups in total. The van der Waals surface area contributed by atoms with E-state index in [1.807, 2.05) is 0 Å². The minimum Gasteiger partial charge on any atom is -0.480 e. The monoisotopic (exact) mass is 296 g/mol. The molecule has 1 heterocycles. The smallest absolute Gasteiger partial charge is 0.326 e. The first-order valence-corrected chi connectivity index (χ1v) is 6.38. The summed E-state index contributed by atoms with van der Waals surface area (Å²) in [6.45, 7) is 0.105. The Bertz CT molecular complexity index is 588. The molecule has 1 aromatic rings. The van der Waals surface area contributed by atoms with E-state index >= 15 is 0 Å². The maximum Gasteiger partial charge on any atom is 0.326 e. The Kier molecular flexibility index (Phi) is 3.94. The third-order valence-corrected chi connectivity index (χ3v) is 3.64. The number of nitrogens with zero attached hydrogens (tertiary/aromatic N) is 1. The van der Waals surface area contributed by atoms with Gasteiger partial charge in [-0.2, -0.15) is 0 Å². The number of carboxylic acids is 1. The van der Waals surface area contributed by atoms with Gasteiger partial charge in [-0.3, -0.25) is 9.59 Å². The Morgan fingerprint density at radius 1 is 1.45 bits per heavy atom. The zero-order valence-electron chi connectivity index (χ0n) is 10.5. The first kappa shape index (κ1) is 14.3. The van der Waals surface area contributed by atoms with E-state index in [2.05, 4.69) is 0 Å². The summed E-state index contributed by atoms with van der Waals surface area (Å²) in [6.07, 6.45) is 0.513. The highest BCUT2D eigenvalue weighted by Crippen LogP contribution is 2.25. The summed E-state index contributed by atoms with van der Waals surface area (Å²) >= 11 is 6.03. The van der Waals surface area contributed by atoms with Gasteiger partial charge in [0.15, 0.2) is 0 Å². The molecule has 2 amide bonds. The Balaban J connectivity index is 2.23. The molecule has 1 unspecified atom stereocenters. The zero-order chi connectivity index (χ0) is 14.9. The molecule has 0 aromatic heterocycles. The molecule has 1 aliphatic rings. The van der Waals surface area contributed by atoms with E-state index in [4.69, 9.17) is 22.4 Å². The molecule has 1 aromatic carbocycles. The van der Waals surface area contributed by atoms with Crippen LogP contribution in [0.3, 0.4) is 0 Å². The fourth-order valence-corrected chi connectivity index (χ4v) is 2.44. The lowest BCUT2D eigenvalue weighted by Gasteiger charge is -2.22. The van der Waals surface area contributed by atoms with Gasteiger partial charge in [0.2, 0.25) is 11.8 Å². The van der Waals surface area contributed by atoms with Crippen LogP contribution in [-0.4, -0.2) is 33.8 Å². The van der Waals surface area contributed by atoms with Gasteiger partial charge >= 0.3 is 5.97 Å². The van der Waals surface area contributed by atoms with Crippen molar-refractivity contribution in [2.75, 3.05) is 0 Å². The second kappa shape index (κ2) is 5.50.